The molecule has 0 amide bonds. The standard InChI is InChI=1S/C24H26NS2.C13H24O2.Ir/c1-14(2)12-16-8-7-9-17-18-10-11-25-20(22(18)27-21(16)17)19-13-15(3)23(26-19)24(4,5)6;1-5-10(6-2)12(14)9-13(15)11(7-3)8-4;/h7-11,14H,12H2,1-6H3;9-11,14H,5-8H2,1-4H3;/q-1;;/b;12-9-;. The van der Waals surface area contributed by atoms with E-state index >= 15 is 0 Å². The second-order valence-corrected chi connectivity index (χ2v) is 14.8. The van der Waals surface area contributed by atoms with Crippen LogP contribution in [-0.2, 0) is 36.7 Å². The van der Waals surface area contributed by atoms with Crippen LogP contribution in [-0.4, -0.2) is 15.9 Å². The molecule has 3 nitrogen and oxygen atoms in total. The maximum absolute atomic E-state index is 11.7. The number of hydrogen-bond acceptors (Lipinski definition) is 5. The van der Waals surface area contributed by atoms with Crippen LogP contribution in [0.1, 0.15) is 104 Å². The zero-order valence-electron chi connectivity index (χ0n) is 27.7. The number of ketones is 1. The summed E-state index contributed by atoms with van der Waals surface area (Å²) in [7, 11) is 0. The molecule has 0 spiro atoms. The molecular weight excluding hydrogens is 747 g/mol. The molecule has 0 fully saturated rings. The third-order valence-electron chi connectivity index (χ3n) is 7.95. The Labute approximate surface area is 281 Å². The van der Waals surface area contributed by atoms with E-state index in [2.05, 4.69) is 71.9 Å². The minimum absolute atomic E-state index is 0. The molecule has 1 N–H and O–H groups in total. The Kier molecular flexibility index (Phi) is 14.3. The average Bonchev–Trinajstić information content (AvgIpc) is 3.51. The van der Waals surface area contributed by atoms with E-state index < -0.39 is 0 Å². The van der Waals surface area contributed by atoms with Crippen molar-refractivity contribution in [2.24, 2.45) is 17.8 Å². The van der Waals surface area contributed by atoms with Crippen molar-refractivity contribution in [1.29, 1.82) is 0 Å². The van der Waals surface area contributed by atoms with E-state index in [0.29, 0.717) is 5.92 Å². The van der Waals surface area contributed by atoms with Crippen LogP contribution in [0.25, 0.3) is 30.7 Å². The maximum atomic E-state index is 11.7. The SMILES string of the molecule is CCC(CC)C(=O)/C=C(\O)C(CC)CC.Cc1[c-]c(-c2nccc3c2sc2c(CC(C)C)cccc23)sc1C(C)(C)C.[Ir]. The Balaban J connectivity index is 0.000000348. The number of benzene rings is 1. The normalized spacial score (nSPS) is 12.3. The Bertz CT molecular complexity index is 1510. The number of carbonyl (C=O) groups is 1. The van der Waals surface area contributed by atoms with Gasteiger partial charge < -0.3 is 10.1 Å². The van der Waals surface area contributed by atoms with Gasteiger partial charge in [-0.15, -0.1) is 16.9 Å². The third kappa shape index (κ3) is 9.10. The van der Waals surface area contributed by atoms with Crippen molar-refractivity contribution >= 4 is 48.6 Å². The molecule has 0 unspecified atom stereocenters. The second-order valence-electron chi connectivity index (χ2n) is 12.8. The number of fused-ring (bicyclic) bond motifs is 3. The number of thiophene rings is 2. The molecule has 1 radical (unpaired) electrons. The largest absolute Gasteiger partial charge is 0.512 e. The summed E-state index contributed by atoms with van der Waals surface area (Å²) in [5.41, 5.74) is 3.94. The fraction of sp³-hybridized carbons (Fsp3) is 0.514. The molecule has 0 aliphatic heterocycles. The van der Waals surface area contributed by atoms with Crippen LogP contribution in [0.2, 0.25) is 0 Å². The fourth-order valence-electron chi connectivity index (χ4n) is 5.58. The van der Waals surface area contributed by atoms with Crippen LogP contribution in [0, 0.1) is 30.7 Å². The van der Waals surface area contributed by atoms with Crippen molar-refractivity contribution in [3.05, 3.63) is 64.4 Å². The molecule has 0 aliphatic carbocycles. The maximum Gasteiger partial charge on any atom is 0.162 e. The van der Waals surface area contributed by atoms with Gasteiger partial charge in [0.05, 0.1) is 5.76 Å². The molecule has 3 heterocycles. The number of carbonyl (C=O) groups excluding carboxylic acids is 1. The summed E-state index contributed by atoms with van der Waals surface area (Å²) in [6.07, 6.45) is 7.98. The summed E-state index contributed by atoms with van der Waals surface area (Å²) in [5.74, 6) is 1.20. The molecule has 4 aromatic rings. The summed E-state index contributed by atoms with van der Waals surface area (Å²) in [6, 6.07) is 12.5. The summed E-state index contributed by atoms with van der Waals surface area (Å²) >= 11 is 3.75. The number of rotatable bonds is 10. The van der Waals surface area contributed by atoms with E-state index in [1.165, 1.54) is 47.1 Å². The van der Waals surface area contributed by atoms with Gasteiger partial charge in [-0.05, 0) is 71.5 Å². The van der Waals surface area contributed by atoms with Gasteiger partial charge in [-0.2, -0.15) is 6.07 Å². The van der Waals surface area contributed by atoms with Crippen molar-refractivity contribution in [3.63, 3.8) is 0 Å². The number of hydrogen-bond donors (Lipinski definition) is 1. The van der Waals surface area contributed by atoms with Gasteiger partial charge >= 0.3 is 0 Å². The van der Waals surface area contributed by atoms with Gasteiger partial charge in [-0.1, -0.05) is 97.2 Å². The van der Waals surface area contributed by atoms with E-state index in [-0.39, 0.29) is 48.9 Å². The van der Waals surface area contributed by atoms with E-state index in [0.717, 1.165) is 37.8 Å². The molecule has 237 valence electrons. The summed E-state index contributed by atoms with van der Waals surface area (Å²) in [6.45, 7) is 21.6. The zero-order chi connectivity index (χ0) is 31.2. The van der Waals surface area contributed by atoms with Crippen molar-refractivity contribution in [2.75, 3.05) is 0 Å². The molecule has 0 saturated carbocycles. The van der Waals surface area contributed by atoms with Gasteiger partial charge in [0.2, 0.25) is 0 Å². The van der Waals surface area contributed by atoms with E-state index in [9.17, 15) is 9.90 Å². The first-order valence-corrected chi connectivity index (χ1v) is 17.3. The predicted molar refractivity (Wildman–Crippen MR) is 185 cm³/mol. The van der Waals surface area contributed by atoms with Gasteiger partial charge in [0, 0.05) is 53.6 Å². The van der Waals surface area contributed by atoms with Crippen LogP contribution >= 0.6 is 22.7 Å². The molecule has 4 rings (SSSR count). The van der Waals surface area contributed by atoms with Crippen molar-refractivity contribution in [3.8, 4) is 10.6 Å². The van der Waals surface area contributed by atoms with E-state index in [4.69, 9.17) is 4.98 Å². The van der Waals surface area contributed by atoms with Gasteiger partial charge in [0.25, 0.3) is 0 Å². The molecule has 1 aromatic carbocycles. The summed E-state index contributed by atoms with van der Waals surface area (Å²) < 4.78 is 2.71. The average molecular weight is 797 g/mol. The number of aromatic nitrogens is 1. The van der Waals surface area contributed by atoms with Crippen LogP contribution in [0.3, 0.4) is 0 Å². The molecule has 0 atom stereocenters. The molecule has 0 saturated heterocycles. The first-order valence-electron chi connectivity index (χ1n) is 15.6. The summed E-state index contributed by atoms with van der Waals surface area (Å²) in [5, 5.41) is 12.4. The molecule has 0 aliphatic rings. The Hall–Kier alpha value is -1.85. The fourth-order valence-corrected chi connectivity index (χ4v) is 8.13. The van der Waals surface area contributed by atoms with Crippen LogP contribution in [0.5, 0.6) is 0 Å². The minimum atomic E-state index is 0. The van der Waals surface area contributed by atoms with Gasteiger partial charge in [-0.25, -0.2) is 11.3 Å². The van der Waals surface area contributed by atoms with Crippen molar-refractivity contribution in [2.45, 2.75) is 107 Å². The molecule has 43 heavy (non-hydrogen) atoms. The van der Waals surface area contributed by atoms with Crippen LogP contribution < -0.4 is 0 Å². The van der Waals surface area contributed by atoms with Crippen molar-refractivity contribution in [1.82, 2.24) is 4.98 Å². The van der Waals surface area contributed by atoms with Gasteiger partial charge in [0.15, 0.2) is 5.78 Å². The second kappa shape index (κ2) is 16.5. The Morgan fingerprint density at radius 2 is 1.56 bits per heavy atom. The Morgan fingerprint density at radius 1 is 0.953 bits per heavy atom. The molecule has 6 heteroatoms. The van der Waals surface area contributed by atoms with Gasteiger partial charge in [0.1, 0.15) is 0 Å². The molecule has 0 bridgehead atoms. The minimum Gasteiger partial charge on any atom is -0.512 e. The zero-order valence-corrected chi connectivity index (χ0v) is 31.7. The number of aliphatic hydroxyl groups excluding tert-OH is 1. The Morgan fingerprint density at radius 3 is 2.09 bits per heavy atom. The van der Waals surface area contributed by atoms with Gasteiger partial charge in [-0.3, -0.25) is 4.79 Å². The first-order chi connectivity index (χ1) is 19.9. The van der Waals surface area contributed by atoms with Crippen LogP contribution in [0.4, 0.5) is 0 Å². The topological polar surface area (TPSA) is 50.2 Å². The smallest absolute Gasteiger partial charge is 0.162 e. The first kappa shape index (κ1) is 37.3. The number of aliphatic hydroxyl groups is 1. The number of pyridine rings is 1. The monoisotopic (exact) mass is 797 g/mol. The number of aryl methyl sites for hydroxylation is 1. The number of allylic oxidation sites excluding steroid dienone is 2. The van der Waals surface area contributed by atoms with E-state index in [1.807, 2.05) is 56.6 Å². The van der Waals surface area contributed by atoms with E-state index in [1.54, 1.807) is 0 Å². The van der Waals surface area contributed by atoms with Crippen LogP contribution in [0.15, 0.2) is 42.3 Å². The summed E-state index contributed by atoms with van der Waals surface area (Å²) in [4.78, 5) is 19.1. The molecule has 3 aromatic heterocycles. The number of nitrogens with zero attached hydrogens (tertiary/aromatic N) is 1. The predicted octanol–water partition coefficient (Wildman–Crippen LogP) is 11.6. The quantitative estimate of drug-likeness (QED) is 0.0988. The molecular formula is C37H50IrNO2S2-. The third-order valence-corrected chi connectivity index (χ3v) is 10.9. The van der Waals surface area contributed by atoms with Crippen molar-refractivity contribution < 1.29 is 30.0 Å².